The molecular formula is C20H19N5O3S. The lowest BCUT2D eigenvalue weighted by atomic mass is 10.2. The number of nitrogens with zero attached hydrogens (tertiary/aromatic N) is 4. The van der Waals surface area contributed by atoms with Crippen LogP contribution in [0.2, 0.25) is 0 Å². The zero-order valence-electron chi connectivity index (χ0n) is 15.7. The van der Waals surface area contributed by atoms with Crippen LogP contribution < -0.4 is 14.8 Å². The van der Waals surface area contributed by atoms with Crippen molar-refractivity contribution in [3.05, 3.63) is 55.4 Å². The Hall–Kier alpha value is -3.33. The molecule has 0 saturated carbocycles. The number of hydrogen-bond acceptors (Lipinski definition) is 7. The van der Waals surface area contributed by atoms with Gasteiger partial charge in [-0.1, -0.05) is 17.8 Å². The molecule has 9 heteroatoms. The third-order valence-electron chi connectivity index (χ3n) is 4.24. The minimum absolute atomic E-state index is 0.148. The predicted molar refractivity (Wildman–Crippen MR) is 110 cm³/mol. The molecule has 0 bridgehead atoms. The predicted octanol–water partition coefficient (Wildman–Crippen LogP) is 3.37. The summed E-state index contributed by atoms with van der Waals surface area (Å²) in [6.07, 6.45) is 5.20. The van der Waals surface area contributed by atoms with Gasteiger partial charge in [0, 0.05) is 36.3 Å². The first-order valence-corrected chi connectivity index (χ1v) is 9.85. The lowest BCUT2D eigenvalue weighted by Crippen LogP contribution is -2.23. The van der Waals surface area contributed by atoms with Crippen LogP contribution in [-0.2, 0) is 11.3 Å². The number of allylic oxidation sites excluding steroid dienone is 1. The summed E-state index contributed by atoms with van der Waals surface area (Å²) in [6.45, 7) is 6.35. The lowest BCUT2D eigenvalue weighted by molar-refractivity contribution is -0.115. The molecule has 8 nitrogen and oxygen atoms in total. The number of amides is 1. The summed E-state index contributed by atoms with van der Waals surface area (Å²) in [7, 11) is 0. The Morgan fingerprint density at radius 2 is 2.21 bits per heavy atom. The Bertz CT molecular complexity index is 1040. The van der Waals surface area contributed by atoms with Gasteiger partial charge in [-0.3, -0.25) is 14.3 Å². The Balaban J connectivity index is 1.49. The van der Waals surface area contributed by atoms with Crippen LogP contribution >= 0.6 is 11.8 Å². The molecule has 29 heavy (non-hydrogen) atoms. The Morgan fingerprint density at radius 3 is 3.00 bits per heavy atom. The molecule has 3 heterocycles. The molecule has 0 fully saturated rings. The number of pyridine rings is 1. The maximum absolute atomic E-state index is 12.7. The van der Waals surface area contributed by atoms with E-state index in [1.165, 1.54) is 11.8 Å². The number of aromatic nitrogens is 4. The topological polar surface area (TPSA) is 91.2 Å². The number of anilines is 1. The number of thioether (sulfide) groups is 1. The molecule has 0 aliphatic carbocycles. The van der Waals surface area contributed by atoms with E-state index >= 15 is 0 Å². The van der Waals surface area contributed by atoms with E-state index in [4.69, 9.17) is 9.47 Å². The lowest BCUT2D eigenvalue weighted by Gasteiger charge is -2.13. The van der Waals surface area contributed by atoms with Gasteiger partial charge in [-0.15, -0.1) is 16.8 Å². The molecule has 1 amide bonds. The van der Waals surface area contributed by atoms with Gasteiger partial charge in [0.15, 0.2) is 22.5 Å². The van der Waals surface area contributed by atoms with Crippen LogP contribution in [0.3, 0.4) is 0 Å². The molecule has 3 aromatic rings. The highest BCUT2D eigenvalue weighted by Crippen LogP contribution is 2.34. The van der Waals surface area contributed by atoms with Crippen molar-refractivity contribution in [2.24, 2.45) is 0 Å². The summed E-state index contributed by atoms with van der Waals surface area (Å²) in [4.78, 5) is 16.8. The van der Waals surface area contributed by atoms with Crippen molar-refractivity contribution in [3.8, 4) is 22.9 Å². The van der Waals surface area contributed by atoms with E-state index in [1.54, 1.807) is 36.7 Å². The summed E-state index contributed by atoms with van der Waals surface area (Å²) in [5.41, 5.74) is 1.50. The Labute approximate surface area is 172 Å². The third-order valence-corrected chi connectivity index (χ3v) is 5.32. The zero-order chi connectivity index (χ0) is 20.2. The summed E-state index contributed by atoms with van der Waals surface area (Å²) >= 11 is 1.33. The van der Waals surface area contributed by atoms with Gasteiger partial charge in [-0.25, -0.2) is 0 Å². The van der Waals surface area contributed by atoms with Crippen molar-refractivity contribution in [2.45, 2.75) is 23.9 Å². The minimum Gasteiger partial charge on any atom is -0.454 e. The first-order valence-electron chi connectivity index (χ1n) is 8.97. The highest BCUT2D eigenvalue weighted by Gasteiger charge is 2.21. The number of hydrogen-bond donors (Lipinski definition) is 1. The Morgan fingerprint density at radius 1 is 1.34 bits per heavy atom. The first kappa shape index (κ1) is 19.0. The summed E-state index contributed by atoms with van der Waals surface area (Å²) < 4.78 is 12.6. The van der Waals surface area contributed by atoms with Gasteiger partial charge < -0.3 is 14.8 Å². The van der Waals surface area contributed by atoms with Crippen molar-refractivity contribution >= 4 is 23.4 Å². The summed E-state index contributed by atoms with van der Waals surface area (Å²) in [6, 6.07) is 9.07. The molecule has 1 aromatic carbocycles. The fourth-order valence-corrected chi connectivity index (χ4v) is 3.67. The van der Waals surface area contributed by atoms with Crippen molar-refractivity contribution in [1.29, 1.82) is 0 Å². The molecule has 0 radical (unpaired) electrons. The Kier molecular flexibility index (Phi) is 5.48. The fraction of sp³-hybridized carbons (Fsp3) is 0.200. The number of carbonyl (C=O) groups excluding carboxylic acids is 1. The molecule has 1 N–H and O–H groups in total. The summed E-state index contributed by atoms with van der Waals surface area (Å²) in [5.74, 6) is 1.83. The average molecular weight is 409 g/mol. The number of benzene rings is 1. The van der Waals surface area contributed by atoms with E-state index in [0.29, 0.717) is 34.7 Å². The number of ether oxygens (including phenoxy) is 2. The van der Waals surface area contributed by atoms with E-state index < -0.39 is 5.25 Å². The third kappa shape index (κ3) is 4.09. The van der Waals surface area contributed by atoms with Crippen molar-refractivity contribution in [3.63, 3.8) is 0 Å². The molecule has 2 aromatic heterocycles. The number of carbonyl (C=O) groups is 1. The highest BCUT2D eigenvalue weighted by molar-refractivity contribution is 8.00. The smallest absolute Gasteiger partial charge is 0.237 e. The van der Waals surface area contributed by atoms with Crippen molar-refractivity contribution < 1.29 is 14.3 Å². The van der Waals surface area contributed by atoms with Crippen LogP contribution in [0.5, 0.6) is 11.5 Å². The van der Waals surface area contributed by atoms with E-state index in [2.05, 4.69) is 27.1 Å². The van der Waals surface area contributed by atoms with Crippen molar-refractivity contribution in [1.82, 2.24) is 19.7 Å². The second-order valence-corrected chi connectivity index (χ2v) is 7.57. The van der Waals surface area contributed by atoms with Crippen LogP contribution in [0, 0.1) is 0 Å². The monoisotopic (exact) mass is 409 g/mol. The normalized spacial score (nSPS) is 13.1. The molecule has 0 unspecified atom stereocenters. The van der Waals surface area contributed by atoms with Gasteiger partial charge in [0.1, 0.15) is 0 Å². The standard InChI is InChI=1S/C20H19N5O3S/c1-3-9-25-18(14-5-4-8-21-11-14)23-24-20(25)29-13(2)19(26)22-15-6-7-16-17(10-15)28-12-27-16/h3-8,10-11,13H,1,9,12H2,2H3,(H,22,26)/t13-/m1/s1. The number of rotatable bonds is 7. The van der Waals surface area contributed by atoms with Crippen LogP contribution in [0.15, 0.2) is 60.5 Å². The SMILES string of the molecule is C=CCn1c(S[C@H](C)C(=O)Nc2ccc3c(c2)OCO3)nnc1-c1cccnc1. The summed E-state index contributed by atoms with van der Waals surface area (Å²) in [5, 5.41) is 11.7. The minimum atomic E-state index is -0.394. The van der Waals surface area contributed by atoms with E-state index in [1.807, 2.05) is 23.6 Å². The second-order valence-electron chi connectivity index (χ2n) is 6.26. The van der Waals surface area contributed by atoms with Gasteiger partial charge in [0.25, 0.3) is 0 Å². The van der Waals surface area contributed by atoms with Crippen LogP contribution in [0.4, 0.5) is 5.69 Å². The van der Waals surface area contributed by atoms with Gasteiger partial charge in [-0.05, 0) is 31.2 Å². The highest BCUT2D eigenvalue weighted by atomic mass is 32.2. The molecule has 0 saturated heterocycles. The zero-order valence-corrected chi connectivity index (χ0v) is 16.6. The molecular weight excluding hydrogens is 390 g/mol. The molecule has 4 rings (SSSR count). The second kappa shape index (κ2) is 8.36. The maximum Gasteiger partial charge on any atom is 0.237 e. The number of fused-ring (bicyclic) bond motifs is 1. The van der Waals surface area contributed by atoms with Gasteiger partial charge in [-0.2, -0.15) is 0 Å². The van der Waals surface area contributed by atoms with Crippen LogP contribution in [0.25, 0.3) is 11.4 Å². The molecule has 148 valence electrons. The van der Waals surface area contributed by atoms with Crippen LogP contribution in [-0.4, -0.2) is 37.7 Å². The average Bonchev–Trinajstić information content (AvgIpc) is 3.36. The first-order chi connectivity index (χ1) is 14.2. The van der Waals surface area contributed by atoms with E-state index in [9.17, 15) is 4.79 Å². The van der Waals surface area contributed by atoms with Crippen LogP contribution in [0.1, 0.15) is 6.92 Å². The van der Waals surface area contributed by atoms with Gasteiger partial charge in [0.2, 0.25) is 12.7 Å². The van der Waals surface area contributed by atoms with E-state index in [-0.39, 0.29) is 12.7 Å². The largest absolute Gasteiger partial charge is 0.454 e. The van der Waals surface area contributed by atoms with Crippen molar-refractivity contribution in [2.75, 3.05) is 12.1 Å². The molecule has 1 atom stereocenters. The quantitative estimate of drug-likeness (QED) is 0.472. The van der Waals surface area contributed by atoms with E-state index in [0.717, 1.165) is 5.56 Å². The maximum atomic E-state index is 12.7. The molecule has 0 spiro atoms. The number of nitrogens with one attached hydrogen (secondary N) is 1. The molecule has 1 aliphatic rings. The fourth-order valence-electron chi connectivity index (χ4n) is 2.81. The van der Waals surface area contributed by atoms with Gasteiger partial charge in [0.05, 0.1) is 5.25 Å². The van der Waals surface area contributed by atoms with Gasteiger partial charge >= 0.3 is 0 Å². The molecule has 1 aliphatic heterocycles.